The van der Waals surface area contributed by atoms with Crippen molar-refractivity contribution in [3.8, 4) is 0 Å². The number of hydrogen-bond donors (Lipinski definition) is 2. The van der Waals surface area contributed by atoms with Gasteiger partial charge in [-0.25, -0.2) is 8.78 Å². The predicted molar refractivity (Wildman–Crippen MR) is 72.1 cm³/mol. The molecule has 0 fully saturated rings. The Hall–Kier alpha value is -1.53. The van der Waals surface area contributed by atoms with E-state index in [1.165, 1.54) is 6.07 Å². The van der Waals surface area contributed by atoms with E-state index in [-0.39, 0.29) is 25.0 Å². The summed E-state index contributed by atoms with van der Waals surface area (Å²) in [6.07, 6.45) is -1.41. The number of nitrogens with zero attached hydrogens (tertiary/aromatic N) is 1. The number of likely N-dealkylation sites (N-methyl/N-ethyl adjacent to an activating group) is 1. The summed E-state index contributed by atoms with van der Waals surface area (Å²) in [6.45, 7) is 3.81. The molecule has 20 heavy (non-hydrogen) atoms. The summed E-state index contributed by atoms with van der Waals surface area (Å²) in [6, 6.07) is 3.55. The highest BCUT2D eigenvalue weighted by atomic mass is 19.1. The van der Waals surface area contributed by atoms with Crippen molar-refractivity contribution in [1.29, 1.82) is 0 Å². The number of halogens is 2. The smallest absolute Gasteiger partial charge is 0.234 e. The summed E-state index contributed by atoms with van der Waals surface area (Å²) in [5.74, 6) is -1.96. The molecule has 0 bridgehead atoms. The van der Waals surface area contributed by atoms with Crippen LogP contribution in [0, 0.1) is 11.6 Å². The second-order valence-corrected chi connectivity index (χ2v) is 4.96. The van der Waals surface area contributed by atoms with E-state index in [9.17, 15) is 18.7 Å². The molecule has 0 radical (unpaired) electrons. The number of amides is 1. The number of benzene rings is 1. The molecule has 0 aliphatic rings. The highest BCUT2D eigenvalue weighted by molar-refractivity contribution is 5.78. The van der Waals surface area contributed by atoms with E-state index in [0.717, 1.165) is 12.1 Å². The van der Waals surface area contributed by atoms with Crippen molar-refractivity contribution in [3.05, 3.63) is 35.4 Å². The van der Waals surface area contributed by atoms with Crippen molar-refractivity contribution in [2.45, 2.75) is 26.0 Å². The van der Waals surface area contributed by atoms with E-state index in [1.807, 2.05) is 18.7 Å². The molecule has 1 amide bonds. The van der Waals surface area contributed by atoms with Gasteiger partial charge in [0.05, 0.1) is 12.1 Å². The molecule has 0 spiro atoms. The third-order valence-corrected chi connectivity index (χ3v) is 3.10. The van der Waals surface area contributed by atoms with Gasteiger partial charge in [0.25, 0.3) is 0 Å². The summed E-state index contributed by atoms with van der Waals surface area (Å²) >= 11 is 0. The zero-order chi connectivity index (χ0) is 15.3. The number of hydrogen-bond acceptors (Lipinski definition) is 3. The van der Waals surface area contributed by atoms with E-state index >= 15 is 0 Å². The molecule has 1 aromatic carbocycles. The second-order valence-electron chi connectivity index (χ2n) is 4.96. The molecule has 1 rings (SSSR count). The molecule has 6 heteroatoms. The third kappa shape index (κ3) is 4.54. The Morgan fingerprint density at radius 3 is 2.40 bits per heavy atom. The maximum atomic E-state index is 13.4. The number of rotatable bonds is 6. The first-order valence-corrected chi connectivity index (χ1v) is 6.41. The van der Waals surface area contributed by atoms with E-state index in [1.54, 1.807) is 7.05 Å². The molecular formula is C14H20F2N2O2. The number of nitrogens with one attached hydrogen (secondary N) is 1. The summed E-state index contributed by atoms with van der Waals surface area (Å²) < 4.78 is 26.8. The fourth-order valence-corrected chi connectivity index (χ4v) is 1.61. The minimum atomic E-state index is -1.41. The van der Waals surface area contributed by atoms with Gasteiger partial charge in [0.2, 0.25) is 5.91 Å². The Morgan fingerprint density at radius 2 is 1.90 bits per heavy atom. The van der Waals surface area contributed by atoms with E-state index in [0.29, 0.717) is 0 Å². The van der Waals surface area contributed by atoms with Crippen LogP contribution in [-0.2, 0) is 4.79 Å². The van der Waals surface area contributed by atoms with Crippen molar-refractivity contribution < 1.29 is 18.7 Å². The molecule has 0 saturated carbocycles. The molecule has 2 N–H and O–H groups in total. The van der Waals surface area contributed by atoms with Crippen LogP contribution in [0.1, 0.15) is 25.5 Å². The van der Waals surface area contributed by atoms with Gasteiger partial charge >= 0.3 is 0 Å². The SMILES string of the molecule is CC(C)N(C)CC(=O)NCC(O)c1c(F)cccc1F. The number of carbonyl (C=O) groups excluding carboxylic acids is 1. The van der Waals surface area contributed by atoms with Gasteiger partial charge in [0.1, 0.15) is 17.7 Å². The first kappa shape index (κ1) is 16.5. The van der Waals surface area contributed by atoms with Crippen LogP contribution in [-0.4, -0.2) is 42.1 Å². The zero-order valence-electron chi connectivity index (χ0n) is 11.9. The highest BCUT2D eigenvalue weighted by Gasteiger charge is 2.18. The average Bonchev–Trinajstić information content (AvgIpc) is 2.36. The zero-order valence-corrected chi connectivity index (χ0v) is 11.9. The van der Waals surface area contributed by atoms with Crippen LogP contribution in [0.2, 0.25) is 0 Å². The standard InChI is InChI=1S/C14H20F2N2O2/c1-9(2)18(3)8-13(20)17-7-12(19)14-10(15)5-4-6-11(14)16/h4-6,9,12,19H,7-8H2,1-3H3,(H,17,20). The van der Waals surface area contributed by atoms with Crippen molar-refractivity contribution >= 4 is 5.91 Å². The quantitative estimate of drug-likeness (QED) is 0.832. The Balaban J connectivity index is 2.55. The van der Waals surface area contributed by atoms with Gasteiger partial charge in [0.15, 0.2) is 0 Å². The minimum absolute atomic E-state index is 0.157. The van der Waals surface area contributed by atoms with Gasteiger partial charge in [-0.3, -0.25) is 9.69 Å². The van der Waals surface area contributed by atoms with Gasteiger partial charge in [-0.15, -0.1) is 0 Å². The molecule has 4 nitrogen and oxygen atoms in total. The van der Waals surface area contributed by atoms with Crippen LogP contribution in [0.3, 0.4) is 0 Å². The molecule has 0 aliphatic heterocycles. The van der Waals surface area contributed by atoms with Gasteiger partial charge in [-0.05, 0) is 33.0 Å². The van der Waals surface area contributed by atoms with Crippen LogP contribution in [0.25, 0.3) is 0 Å². The van der Waals surface area contributed by atoms with Crippen LogP contribution >= 0.6 is 0 Å². The molecule has 0 saturated heterocycles. The lowest BCUT2D eigenvalue weighted by Gasteiger charge is -2.21. The largest absolute Gasteiger partial charge is 0.386 e. The fourth-order valence-electron chi connectivity index (χ4n) is 1.61. The van der Waals surface area contributed by atoms with Crippen LogP contribution in [0.15, 0.2) is 18.2 Å². The van der Waals surface area contributed by atoms with Gasteiger partial charge in [0, 0.05) is 12.6 Å². The maximum Gasteiger partial charge on any atom is 0.234 e. The van der Waals surface area contributed by atoms with Crippen molar-refractivity contribution in [1.82, 2.24) is 10.2 Å². The summed E-state index contributed by atoms with van der Waals surface area (Å²) in [5.41, 5.74) is -0.426. The van der Waals surface area contributed by atoms with E-state index < -0.39 is 23.3 Å². The van der Waals surface area contributed by atoms with Crippen molar-refractivity contribution in [3.63, 3.8) is 0 Å². The Bertz CT molecular complexity index is 446. The van der Waals surface area contributed by atoms with E-state index in [2.05, 4.69) is 5.32 Å². The topological polar surface area (TPSA) is 52.6 Å². The van der Waals surface area contributed by atoms with E-state index in [4.69, 9.17) is 0 Å². The van der Waals surface area contributed by atoms with Crippen LogP contribution in [0.4, 0.5) is 8.78 Å². The molecule has 0 aliphatic carbocycles. The van der Waals surface area contributed by atoms with Crippen molar-refractivity contribution in [2.24, 2.45) is 0 Å². The molecular weight excluding hydrogens is 266 g/mol. The molecule has 1 unspecified atom stereocenters. The minimum Gasteiger partial charge on any atom is -0.386 e. The monoisotopic (exact) mass is 286 g/mol. The van der Waals surface area contributed by atoms with Crippen LogP contribution < -0.4 is 5.32 Å². The number of carbonyl (C=O) groups is 1. The molecule has 1 atom stereocenters. The van der Waals surface area contributed by atoms with Gasteiger partial charge in [-0.2, -0.15) is 0 Å². The lowest BCUT2D eigenvalue weighted by molar-refractivity contribution is -0.122. The Kier molecular flexibility index (Phi) is 6.04. The third-order valence-electron chi connectivity index (χ3n) is 3.10. The average molecular weight is 286 g/mol. The molecule has 112 valence electrons. The van der Waals surface area contributed by atoms with Crippen LogP contribution in [0.5, 0.6) is 0 Å². The summed E-state index contributed by atoms with van der Waals surface area (Å²) in [4.78, 5) is 13.4. The Labute approximate surface area is 117 Å². The highest BCUT2D eigenvalue weighted by Crippen LogP contribution is 2.19. The second kappa shape index (κ2) is 7.31. The van der Waals surface area contributed by atoms with Crippen molar-refractivity contribution in [2.75, 3.05) is 20.1 Å². The lowest BCUT2D eigenvalue weighted by atomic mass is 10.1. The normalized spacial score (nSPS) is 12.8. The lowest BCUT2D eigenvalue weighted by Crippen LogP contribution is -2.39. The molecule has 0 heterocycles. The first-order chi connectivity index (χ1) is 9.32. The fraction of sp³-hybridized carbons (Fsp3) is 0.500. The first-order valence-electron chi connectivity index (χ1n) is 6.41. The molecule has 1 aromatic rings. The summed E-state index contributed by atoms with van der Waals surface area (Å²) in [7, 11) is 1.79. The molecule has 0 aromatic heterocycles. The van der Waals surface area contributed by atoms with Gasteiger partial charge < -0.3 is 10.4 Å². The predicted octanol–water partition coefficient (Wildman–Crippen LogP) is 1.45. The van der Waals surface area contributed by atoms with Gasteiger partial charge in [-0.1, -0.05) is 6.07 Å². The number of aliphatic hydroxyl groups excluding tert-OH is 1. The Morgan fingerprint density at radius 1 is 1.35 bits per heavy atom. The maximum absolute atomic E-state index is 13.4. The number of aliphatic hydroxyl groups is 1. The summed E-state index contributed by atoms with van der Waals surface area (Å²) in [5, 5.41) is 12.2.